The van der Waals surface area contributed by atoms with E-state index in [-0.39, 0.29) is 17.7 Å². The number of fused-ring (bicyclic) bond motifs is 1. The summed E-state index contributed by atoms with van der Waals surface area (Å²) in [6.45, 7) is 8.08. The number of nitriles is 1. The Bertz CT molecular complexity index is 780. The number of hydrogen-bond donors (Lipinski definition) is 1. The van der Waals surface area contributed by atoms with E-state index in [4.69, 9.17) is 0 Å². The Kier molecular flexibility index (Phi) is 5.62. The molecule has 0 saturated carbocycles. The third kappa shape index (κ3) is 4.02. The Hall–Kier alpha value is -2.06. The molecule has 0 fully saturated rings. The van der Waals surface area contributed by atoms with Crippen molar-refractivity contribution >= 4 is 28.6 Å². The Morgan fingerprint density at radius 2 is 2.17 bits per heavy atom. The van der Waals surface area contributed by atoms with Crippen molar-refractivity contribution in [2.24, 2.45) is 0 Å². The molecule has 1 aromatic carbocycles. The zero-order valence-corrected chi connectivity index (χ0v) is 14.8. The number of pyridine rings is 1. The van der Waals surface area contributed by atoms with E-state index in [0.29, 0.717) is 10.6 Å². The van der Waals surface area contributed by atoms with Gasteiger partial charge in [0.15, 0.2) is 0 Å². The standard InChI is InChI=1S/C18H21N3OS/c1-5-12(3)20-16(22)10-23-18-15(9-19)8-14-7-6-11(2)13(4)17(14)21-18/h6-8,12H,5,10H2,1-4H3,(H,20,22). The first-order valence-corrected chi connectivity index (χ1v) is 8.68. The van der Waals surface area contributed by atoms with Gasteiger partial charge in [-0.15, -0.1) is 0 Å². The predicted molar refractivity (Wildman–Crippen MR) is 94.6 cm³/mol. The van der Waals surface area contributed by atoms with Gasteiger partial charge >= 0.3 is 0 Å². The molecule has 0 spiro atoms. The second kappa shape index (κ2) is 7.47. The predicted octanol–water partition coefficient (Wildman–Crippen LogP) is 3.73. The van der Waals surface area contributed by atoms with Gasteiger partial charge in [-0.05, 0) is 44.4 Å². The van der Waals surface area contributed by atoms with Gasteiger partial charge in [-0.2, -0.15) is 5.26 Å². The molecule has 1 heterocycles. The minimum Gasteiger partial charge on any atom is -0.353 e. The summed E-state index contributed by atoms with van der Waals surface area (Å²) in [6, 6.07) is 8.21. The molecule has 1 aromatic heterocycles. The van der Waals surface area contributed by atoms with E-state index in [2.05, 4.69) is 16.4 Å². The molecule has 1 N–H and O–H groups in total. The molecule has 1 unspecified atom stereocenters. The number of aromatic nitrogens is 1. The Morgan fingerprint density at radius 3 is 2.83 bits per heavy atom. The summed E-state index contributed by atoms with van der Waals surface area (Å²) >= 11 is 1.32. The molecule has 23 heavy (non-hydrogen) atoms. The number of aryl methyl sites for hydroxylation is 2. The van der Waals surface area contributed by atoms with Gasteiger partial charge in [-0.25, -0.2) is 4.98 Å². The topological polar surface area (TPSA) is 65.8 Å². The molecule has 120 valence electrons. The summed E-state index contributed by atoms with van der Waals surface area (Å²) in [5.41, 5.74) is 3.69. The van der Waals surface area contributed by atoms with E-state index in [0.717, 1.165) is 22.9 Å². The number of nitrogens with zero attached hydrogens (tertiary/aromatic N) is 2. The average Bonchev–Trinajstić information content (AvgIpc) is 2.55. The molecule has 0 aliphatic rings. The van der Waals surface area contributed by atoms with Gasteiger partial charge in [0.05, 0.1) is 16.8 Å². The summed E-state index contributed by atoms with van der Waals surface area (Å²) in [4.78, 5) is 16.6. The largest absolute Gasteiger partial charge is 0.353 e. The first kappa shape index (κ1) is 17.3. The van der Waals surface area contributed by atoms with Gasteiger partial charge in [0.2, 0.25) is 5.91 Å². The van der Waals surface area contributed by atoms with Crippen molar-refractivity contribution in [2.45, 2.75) is 45.2 Å². The fourth-order valence-corrected chi connectivity index (χ4v) is 2.98. The molecule has 2 rings (SSSR count). The number of benzene rings is 1. The lowest BCUT2D eigenvalue weighted by molar-refractivity contribution is -0.119. The van der Waals surface area contributed by atoms with Crippen LogP contribution in [0.5, 0.6) is 0 Å². The van der Waals surface area contributed by atoms with Crippen LogP contribution < -0.4 is 5.32 Å². The van der Waals surface area contributed by atoms with Crippen LogP contribution in [0, 0.1) is 25.2 Å². The summed E-state index contributed by atoms with van der Waals surface area (Å²) in [7, 11) is 0. The lowest BCUT2D eigenvalue weighted by Crippen LogP contribution is -2.33. The van der Waals surface area contributed by atoms with Crippen LogP contribution in [-0.2, 0) is 4.79 Å². The number of nitrogens with one attached hydrogen (secondary N) is 1. The van der Waals surface area contributed by atoms with Gasteiger partial charge in [-0.3, -0.25) is 4.79 Å². The fraction of sp³-hybridized carbons (Fsp3) is 0.389. The second-order valence-electron chi connectivity index (χ2n) is 5.70. The number of amides is 1. The SMILES string of the molecule is CCC(C)NC(=O)CSc1nc2c(C)c(C)ccc2cc1C#N. The van der Waals surface area contributed by atoms with E-state index in [1.54, 1.807) is 0 Å². The van der Waals surface area contributed by atoms with Crippen molar-refractivity contribution in [1.29, 1.82) is 5.26 Å². The number of thioether (sulfide) groups is 1. The van der Waals surface area contributed by atoms with Crippen LogP contribution in [-0.4, -0.2) is 22.7 Å². The lowest BCUT2D eigenvalue weighted by Gasteiger charge is -2.12. The van der Waals surface area contributed by atoms with Gasteiger partial charge in [0.25, 0.3) is 0 Å². The van der Waals surface area contributed by atoms with Gasteiger partial charge in [0.1, 0.15) is 11.1 Å². The van der Waals surface area contributed by atoms with Crippen molar-refractivity contribution in [3.05, 3.63) is 34.9 Å². The van der Waals surface area contributed by atoms with E-state index in [1.165, 1.54) is 17.3 Å². The molecular weight excluding hydrogens is 306 g/mol. The molecule has 0 saturated heterocycles. The van der Waals surface area contributed by atoms with Crippen molar-refractivity contribution in [3.63, 3.8) is 0 Å². The van der Waals surface area contributed by atoms with Crippen molar-refractivity contribution in [3.8, 4) is 6.07 Å². The van der Waals surface area contributed by atoms with Crippen LogP contribution in [0.25, 0.3) is 10.9 Å². The average molecular weight is 327 g/mol. The lowest BCUT2D eigenvalue weighted by atomic mass is 10.0. The summed E-state index contributed by atoms with van der Waals surface area (Å²) in [5.74, 6) is 0.235. The van der Waals surface area contributed by atoms with Crippen molar-refractivity contribution in [2.75, 3.05) is 5.75 Å². The number of carbonyl (C=O) groups is 1. The zero-order chi connectivity index (χ0) is 17.0. The second-order valence-corrected chi connectivity index (χ2v) is 6.66. The molecule has 0 aliphatic carbocycles. The maximum absolute atomic E-state index is 11.9. The third-order valence-corrected chi connectivity index (χ3v) is 4.95. The minimum atomic E-state index is -0.0314. The summed E-state index contributed by atoms with van der Waals surface area (Å²) in [5, 5.41) is 13.8. The highest BCUT2D eigenvalue weighted by Gasteiger charge is 2.12. The molecule has 2 aromatic rings. The fourth-order valence-electron chi connectivity index (χ4n) is 2.21. The number of hydrogen-bond acceptors (Lipinski definition) is 4. The van der Waals surface area contributed by atoms with E-state index < -0.39 is 0 Å². The maximum Gasteiger partial charge on any atom is 0.230 e. The summed E-state index contributed by atoms with van der Waals surface area (Å²) in [6.07, 6.45) is 0.895. The van der Waals surface area contributed by atoms with Crippen LogP contribution in [0.2, 0.25) is 0 Å². The van der Waals surface area contributed by atoms with Crippen molar-refractivity contribution in [1.82, 2.24) is 10.3 Å². The van der Waals surface area contributed by atoms with E-state index >= 15 is 0 Å². The van der Waals surface area contributed by atoms with Gasteiger partial charge in [-0.1, -0.05) is 30.8 Å². The van der Waals surface area contributed by atoms with Crippen LogP contribution in [0.3, 0.4) is 0 Å². The number of carbonyl (C=O) groups excluding carboxylic acids is 1. The Balaban J connectivity index is 2.27. The third-order valence-electron chi connectivity index (χ3n) is 3.96. The maximum atomic E-state index is 11.9. The highest BCUT2D eigenvalue weighted by molar-refractivity contribution is 8.00. The number of rotatable bonds is 5. The highest BCUT2D eigenvalue weighted by atomic mass is 32.2. The molecule has 4 nitrogen and oxygen atoms in total. The smallest absolute Gasteiger partial charge is 0.230 e. The highest BCUT2D eigenvalue weighted by Crippen LogP contribution is 2.27. The van der Waals surface area contributed by atoms with Crippen molar-refractivity contribution < 1.29 is 4.79 Å². The molecular formula is C18H21N3OS. The normalized spacial score (nSPS) is 12.0. The van der Waals surface area contributed by atoms with Crippen LogP contribution in [0.15, 0.2) is 23.2 Å². The Morgan fingerprint density at radius 1 is 1.43 bits per heavy atom. The first-order chi connectivity index (χ1) is 11.0. The van der Waals surface area contributed by atoms with Crippen LogP contribution in [0.4, 0.5) is 0 Å². The monoisotopic (exact) mass is 327 g/mol. The van der Waals surface area contributed by atoms with Gasteiger partial charge < -0.3 is 5.32 Å². The van der Waals surface area contributed by atoms with E-state index in [1.807, 2.05) is 45.9 Å². The minimum absolute atomic E-state index is 0.0314. The zero-order valence-electron chi connectivity index (χ0n) is 13.9. The molecule has 0 bridgehead atoms. The molecule has 1 amide bonds. The molecule has 1 atom stereocenters. The molecule has 0 aliphatic heterocycles. The first-order valence-electron chi connectivity index (χ1n) is 7.69. The Labute approximate surface area is 141 Å². The molecule has 0 radical (unpaired) electrons. The summed E-state index contributed by atoms with van der Waals surface area (Å²) < 4.78 is 0. The van der Waals surface area contributed by atoms with Crippen LogP contribution in [0.1, 0.15) is 37.0 Å². The molecule has 5 heteroatoms. The van der Waals surface area contributed by atoms with E-state index in [9.17, 15) is 10.1 Å². The van der Waals surface area contributed by atoms with Crippen LogP contribution >= 0.6 is 11.8 Å². The van der Waals surface area contributed by atoms with Gasteiger partial charge in [0, 0.05) is 11.4 Å². The quantitative estimate of drug-likeness (QED) is 0.850.